The van der Waals surface area contributed by atoms with Gasteiger partial charge >= 0.3 is 5.69 Å². The first-order chi connectivity index (χ1) is 9.49. The summed E-state index contributed by atoms with van der Waals surface area (Å²) in [4.78, 5) is 22.2. The van der Waals surface area contributed by atoms with Crippen molar-refractivity contribution in [1.29, 1.82) is 0 Å². The summed E-state index contributed by atoms with van der Waals surface area (Å²) in [5, 5.41) is 17.0. The Hall–Kier alpha value is -2.41. The summed E-state index contributed by atoms with van der Waals surface area (Å²) >= 11 is 5.74. The Morgan fingerprint density at radius 1 is 1.55 bits per heavy atom. The summed E-state index contributed by atoms with van der Waals surface area (Å²) in [6.45, 7) is 1.83. The minimum Gasteiger partial charge on any atom is -0.359 e. The second-order valence-electron chi connectivity index (χ2n) is 4.01. The molecule has 0 unspecified atom stereocenters. The Balaban J connectivity index is 2.17. The van der Waals surface area contributed by atoms with E-state index in [9.17, 15) is 14.9 Å². The van der Waals surface area contributed by atoms with E-state index in [1.165, 1.54) is 18.2 Å². The summed E-state index contributed by atoms with van der Waals surface area (Å²) in [5.74, 6) is -0.145. The van der Waals surface area contributed by atoms with Crippen molar-refractivity contribution in [2.24, 2.45) is 0 Å². The second kappa shape index (κ2) is 5.70. The molecular formula is C12H10ClN3O4. The largest absolute Gasteiger partial charge is 0.359 e. The number of carbonyl (C=O) groups excluding carboxylic acids is 1. The van der Waals surface area contributed by atoms with Crippen LogP contribution in [-0.4, -0.2) is 16.0 Å². The Morgan fingerprint density at radius 3 is 2.90 bits per heavy atom. The van der Waals surface area contributed by atoms with E-state index < -0.39 is 16.5 Å². The lowest BCUT2D eigenvalue weighted by Crippen LogP contribution is -2.23. The zero-order chi connectivity index (χ0) is 14.7. The Labute approximate surface area is 118 Å². The van der Waals surface area contributed by atoms with Gasteiger partial charge in [-0.05, 0) is 19.1 Å². The molecule has 0 saturated heterocycles. The van der Waals surface area contributed by atoms with E-state index in [1.807, 2.05) is 0 Å². The highest BCUT2D eigenvalue weighted by atomic mass is 35.5. The SMILES string of the molecule is Cc1cc(CNC(=O)c2cccc(Cl)c2[N+](=O)[O-])on1. The molecule has 2 rings (SSSR count). The van der Waals surface area contributed by atoms with Gasteiger partial charge in [-0.3, -0.25) is 14.9 Å². The number of nitro groups is 1. The molecule has 7 nitrogen and oxygen atoms in total. The number of benzene rings is 1. The summed E-state index contributed by atoms with van der Waals surface area (Å²) in [5.41, 5.74) is 0.169. The van der Waals surface area contributed by atoms with Crippen molar-refractivity contribution in [2.45, 2.75) is 13.5 Å². The van der Waals surface area contributed by atoms with Gasteiger partial charge in [-0.2, -0.15) is 0 Å². The molecule has 0 spiro atoms. The zero-order valence-electron chi connectivity index (χ0n) is 10.4. The molecule has 0 fully saturated rings. The third kappa shape index (κ3) is 2.94. The maximum Gasteiger partial charge on any atom is 0.300 e. The molecule has 1 aromatic carbocycles. The highest BCUT2D eigenvalue weighted by Crippen LogP contribution is 2.28. The number of hydrogen-bond acceptors (Lipinski definition) is 5. The molecule has 20 heavy (non-hydrogen) atoms. The summed E-state index contributed by atoms with van der Waals surface area (Å²) in [6.07, 6.45) is 0. The van der Waals surface area contributed by atoms with Crippen LogP contribution in [0.2, 0.25) is 5.02 Å². The van der Waals surface area contributed by atoms with Gasteiger partial charge in [-0.15, -0.1) is 0 Å². The van der Waals surface area contributed by atoms with E-state index in [0.29, 0.717) is 11.5 Å². The van der Waals surface area contributed by atoms with E-state index in [1.54, 1.807) is 13.0 Å². The number of amides is 1. The minimum absolute atomic E-state index is 0.0850. The van der Waals surface area contributed by atoms with Crippen molar-refractivity contribution in [3.05, 3.63) is 56.4 Å². The number of para-hydroxylation sites is 1. The topological polar surface area (TPSA) is 98.3 Å². The number of aryl methyl sites for hydroxylation is 1. The van der Waals surface area contributed by atoms with Crippen LogP contribution in [-0.2, 0) is 6.54 Å². The molecule has 1 heterocycles. The molecule has 0 aliphatic carbocycles. The third-order valence-corrected chi connectivity index (χ3v) is 2.82. The van der Waals surface area contributed by atoms with Crippen LogP contribution in [0.5, 0.6) is 0 Å². The van der Waals surface area contributed by atoms with Gasteiger partial charge in [0.15, 0.2) is 5.76 Å². The number of halogens is 1. The summed E-state index contributed by atoms with van der Waals surface area (Å²) in [6, 6.07) is 5.83. The molecule has 8 heteroatoms. The average Bonchev–Trinajstić information content (AvgIpc) is 2.81. The van der Waals surface area contributed by atoms with Gasteiger partial charge in [0.05, 0.1) is 17.2 Å². The van der Waals surface area contributed by atoms with E-state index in [-0.39, 0.29) is 17.1 Å². The molecule has 1 N–H and O–H groups in total. The zero-order valence-corrected chi connectivity index (χ0v) is 11.2. The number of carbonyl (C=O) groups is 1. The number of nitro benzene ring substituents is 1. The van der Waals surface area contributed by atoms with Crippen LogP contribution in [0, 0.1) is 17.0 Å². The second-order valence-corrected chi connectivity index (χ2v) is 4.42. The van der Waals surface area contributed by atoms with Crippen LogP contribution in [0.1, 0.15) is 21.8 Å². The number of nitrogens with zero attached hydrogens (tertiary/aromatic N) is 2. The lowest BCUT2D eigenvalue weighted by atomic mass is 10.1. The monoisotopic (exact) mass is 295 g/mol. The van der Waals surface area contributed by atoms with E-state index in [0.717, 1.165) is 0 Å². The van der Waals surface area contributed by atoms with Crippen LogP contribution in [0.25, 0.3) is 0 Å². The number of nitrogens with one attached hydrogen (secondary N) is 1. The maximum atomic E-state index is 12.0. The predicted octanol–water partition coefficient (Wildman–Crippen LogP) is 2.47. The van der Waals surface area contributed by atoms with Crippen molar-refractivity contribution in [3.63, 3.8) is 0 Å². The Kier molecular flexibility index (Phi) is 3.99. The van der Waals surface area contributed by atoms with E-state index >= 15 is 0 Å². The van der Waals surface area contributed by atoms with Gasteiger partial charge in [-0.1, -0.05) is 22.8 Å². The molecule has 1 amide bonds. The maximum absolute atomic E-state index is 12.0. The van der Waals surface area contributed by atoms with Crippen molar-refractivity contribution in [3.8, 4) is 0 Å². The molecule has 1 aromatic heterocycles. The first-order valence-electron chi connectivity index (χ1n) is 5.62. The van der Waals surface area contributed by atoms with Crippen molar-refractivity contribution < 1.29 is 14.2 Å². The summed E-state index contributed by atoms with van der Waals surface area (Å²) in [7, 11) is 0. The van der Waals surface area contributed by atoms with Gasteiger partial charge in [0.25, 0.3) is 5.91 Å². The van der Waals surface area contributed by atoms with E-state index in [2.05, 4.69) is 10.5 Å². The molecule has 0 bridgehead atoms. The standard InChI is InChI=1S/C12H10ClN3O4/c1-7-5-8(20-15-7)6-14-12(17)9-3-2-4-10(13)11(9)16(18)19/h2-5H,6H2,1H3,(H,14,17). The Bertz CT molecular complexity index is 668. The van der Waals surface area contributed by atoms with Crippen LogP contribution in [0.3, 0.4) is 0 Å². The molecule has 104 valence electrons. The highest BCUT2D eigenvalue weighted by Gasteiger charge is 2.23. The molecule has 0 aliphatic heterocycles. The minimum atomic E-state index is -0.685. The Morgan fingerprint density at radius 2 is 2.30 bits per heavy atom. The first kappa shape index (κ1) is 14.0. The quantitative estimate of drug-likeness (QED) is 0.690. The number of hydrogen-bond donors (Lipinski definition) is 1. The molecule has 2 aromatic rings. The molecule has 0 saturated carbocycles. The first-order valence-corrected chi connectivity index (χ1v) is 6.00. The lowest BCUT2D eigenvalue weighted by molar-refractivity contribution is -0.385. The number of rotatable bonds is 4. The highest BCUT2D eigenvalue weighted by molar-refractivity contribution is 6.33. The van der Waals surface area contributed by atoms with Gasteiger partial charge in [0, 0.05) is 6.07 Å². The smallest absolute Gasteiger partial charge is 0.300 e. The fourth-order valence-electron chi connectivity index (χ4n) is 1.65. The molecular weight excluding hydrogens is 286 g/mol. The average molecular weight is 296 g/mol. The third-order valence-electron chi connectivity index (χ3n) is 2.51. The fourth-order valence-corrected chi connectivity index (χ4v) is 1.89. The molecule has 0 atom stereocenters. The van der Waals surface area contributed by atoms with Crippen LogP contribution in [0.4, 0.5) is 5.69 Å². The van der Waals surface area contributed by atoms with Crippen molar-refractivity contribution in [2.75, 3.05) is 0 Å². The van der Waals surface area contributed by atoms with Gasteiger partial charge < -0.3 is 9.84 Å². The van der Waals surface area contributed by atoms with Gasteiger partial charge in [0.2, 0.25) is 0 Å². The molecule has 0 aliphatic rings. The molecule has 0 radical (unpaired) electrons. The van der Waals surface area contributed by atoms with Crippen LogP contribution < -0.4 is 5.32 Å². The van der Waals surface area contributed by atoms with Crippen molar-refractivity contribution in [1.82, 2.24) is 10.5 Å². The van der Waals surface area contributed by atoms with E-state index in [4.69, 9.17) is 16.1 Å². The van der Waals surface area contributed by atoms with Crippen LogP contribution in [0.15, 0.2) is 28.8 Å². The van der Waals surface area contributed by atoms with Crippen LogP contribution >= 0.6 is 11.6 Å². The summed E-state index contributed by atoms with van der Waals surface area (Å²) < 4.78 is 4.93. The lowest BCUT2D eigenvalue weighted by Gasteiger charge is -2.04. The predicted molar refractivity (Wildman–Crippen MR) is 70.5 cm³/mol. The van der Waals surface area contributed by atoms with Gasteiger partial charge in [-0.25, -0.2) is 0 Å². The normalized spacial score (nSPS) is 10.3. The van der Waals surface area contributed by atoms with Crippen molar-refractivity contribution >= 4 is 23.2 Å². The van der Waals surface area contributed by atoms with Gasteiger partial charge in [0.1, 0.15) is 10.6 Å². The number of aromatic nitrogens is 1. The fraction of sp³-hybridized carbons (Fsp3) is 0.167.